The second-order valence-electron chi connectivity index (χ2n) is 4.19. The lowest BCUT2D eigenvalue weighted by atomic mass is 10.2. The van der Waals surface area contributed by atoms with Crippen LogP contribution in [0.2, 0.25) is 0 Å². The normalized spacial score (nSPS) is 10.0. The molecule has 0 spiro atoms. The summed E-state index contributed by atoms with van der Waals surface area (Å²) in [4.78, 5) is 26.8. The monoisotopic (exact) mass is 291 g/mol. The molecule has 2 aromatic rings. The van der Waals surface area contributed by atoms with E-state index in [1.165, 1.54) is 25.3 Å². The Labute approximate surface area is 119 Å². The Bertz CT molecular complexity index is 704. The third-order valence-electron chi connectivity index (χ3n) is 2.50. The number of pyridine rings is 1. The highest BCUT2D eigenvalue weighted by Crippen LogP contribution is 2.17. The van der Waals surface area contributed by atoms with Gasteiger partial charge in [-0.05, 0) is 24.3 Å². The van der Waals surface area contributed by atoms with Crippen molar-refractivity contribution in [3.05, 3.63) is 53.7 Å². The van der Waals surface area contributed by atoms with Gasteiger partial charge < -0.3 is 10.6 Å². The smallest absolute Gasteiger partial charge is 0.255 e. The van der Waals surface area contributed by atoms with E-state index in [0.717, 1.165) is 18.2 Å². The zero-order chi connectivity index (χ0) is 15.4. The number of halogens is 2. The van der Waals surface area contributed by atoms with Gasteiger partial charge >= 0.3 is 0 Å². The molecule has 0 aliphatic carbocycles. The summed E-state index contributed by atoms with van der Waals surface area (Å²) in [7, 11) is 0. The van der Waals surface area contributed by atoms with E-state index in [9.17, 15) is 18.4 Å². The quantitative estimate of drug-likeness (QED) is 0.913. The average Bonchev–Trinajstić information content (AvgIpc) is 2.42. The maximum atomic E-state index is 13.4. The van der Waals surface area contributed by atoms with Crippen LogP contribution < -0.4 is 10.6 Å². The van der Waals surface area contributed by atoms with Crippen LogP contribution in [-0.2, 0) is 4.79 Å². The highest BCUT2D eigenvalue weighted by molar-refractivity contribution is 6.05. The van der Waals surface area contributed by atoms with Gasteiger partial charge in [0.25, 0.3) is 5.91 Å². The van der Waals surface area contributed by atoms with Crippen molar-refractivity contribution < 1.29 is 18.4 Å². The van der Waals surface area contributed by atoms with Crippen LogP contribution in [0.5, 0.6) is 0 Å². The van der Waals surface area contributed by atoms with Crippen molar-refractivity contribution in [1.82, 2.24) is 4.98 Å². The van der Waals surface area contributed by atoms with Gasteiger partial charge in [-0.15, -0.1) is 0 Å². The van der Waals surface area contributed by atoms with Crippen molar-refractivity contribution >= 4 is 23.3 Å². The Balaban J connectivity index is 2.20. The van der Waals surface area contributed by atoms with Crippen molar-refractivity contribution in [3.63, 3.8) is 0 Å². The van der Waals surface area contributed by atoms with Crippen LogP contribution in [0.15, 0.2) is 36.5 Å². The summed E-state index contributed by atoms with van der Waals surface area (Å²) >= 11 is 0. The standard InChI is InChI=1S/C14H11F2N3O2/c1-8(20)18-13-6-9(4-5-17-13)14(21)19-12-7-10(15)2-3-11(12)16/h2-7H,1H3,(H,19,21)(H,17,18,20). The average molecular weight is 291 g/mol. The number of aromatic nitrogens is 1. The molecular weight excluding hydrogens is 280 g/mol. The number of anilines is 2. The minimum Gasteiger partial charge on any atom is -0.319 e. The molecule has 5 nitrogen and oxygen atoms in total. The Morgan fingerprint density at radius 1 is 1.10 bits per heavy atom. The van der Waals surface area contributed by atoms with Gasteiger partial charge in [-0.2, -0.15) is 0 Å². The summed E-state index contributed by atoms with van der Waals surface area (Å²) in [6.07, 6.45) is 1.32. The molecule has 0 saturated carbocycles. The lowest BCUT2D eigenvalue weighted by Crippen LogP contribution is -2.14. The first-order valence-electron chi connectivity index (χ1n) is 5.96. The molecule has 1 aromatic heterocycles. The second kappa shape index (κ2) is 6.08. The minimum absolute atomic E-state index is 0.150. The topological polar surface area (TPSA) is 71.1 Å². The van der Waals surface area contributed by atoms with Gasteiger partial charge in [0.05, 0.1) is 5.69 Å². The van der Waals surface area contributed by atoms with E-state index in [-0.39, 0.29) is 23.0 Å². The van der Waals surface area contributed by atoms with Crippen molar-refractivity contribution in [2.45, 2.75) is 6.92 Å². The molecule has 21 heavy (non-hydrogen) atoms. The predicted molar refractivity (Wildman–Crippen MR) is 72.9 cm³/mol. The molecule has 0 unspecified atom stereocenters. The first-order valence-corrected chi connectivity index (χ1v) is 5.96. The van der Waals surface area contributed by atoms with Crippen LogP contribution in [0.25, 0.3) is 0 Å². The SMILES string of the molecule is CC(=O)Nc1cc(C(=O)Nc2cc(F)ccc2F)ccn1. The summed E-state index contributed by atoms with van der Waals surface area (Å²) in [6.45, 7) is 1.30. The second-order valence-corrected chi connectivity index (χ2v) is 4.19. The molecule has 0 radical (unpaired) electrons. The highest BCUT2D eigenvalue weighted by Gasteiger charge is 2.11. The molecular formula is C14H11F2N3O2. The van der Waals surface area contributed by atoms with Gasteiger partial charge in [0.1, 0.15) is 17.5 Å². The molecule has 0 bridgehead atoms. The van der Waals surface area contributed by atoms with E-state index in [4.69, 9.17) is 0 Å². The van der Waals surface area contributed by atoms with E-state index >= 15 is 0 Å². The van der Waals surface area contributed by atoms with Crippen LogP contribution in [-0.4, -0.2) is 16.8 Å². The number of hydrogen-bond acceptors (Lipinski definition) is 3. The molecule has 2 rings (SSSR count). The molecule has 7 heteroatoms. The molecule has 108 valence electrons. The fraction of sp³-hybridized carbons (Fsp3) is 0.0714. The van der Waals surface area contributed by atoms with E-state index in [1.807, 2.05) is 0 Å². The van der Waals surface area contributed by atoms with E-state index < -0.39 is 17.5 Å². The van der Waals surface area contributed by atoms with Crippen LogP contribution in [0.4, 0.5) is 20.3 Å². The van der Waals surface area contributed by atoms with Crippen LogP contribution in [0.1, 0.15) is 17.3 Å². The molecule has 2 amide bonds. The number of amides is 2. The fourth-order valence-electron chi connectivity index (χ4n) is 1.61. The molecule has 1 heterocycles. The van der Waals surface area contributed by atoms with Gasteiger partial charge in [-0.25, -0.2) is 13.8 Å². The number of carbonyl (C=O) groups excluding carboxylic acids is 2. The van der Waals surface area contributed by atoms with Gasteiger partial charge in [0.2, 0.25) is 5.91 Å². The summed E-state index contributed by atoms with van der Waals surface area (Å²) < 4.78 is 26.5. The number of carbonyl (C=O) groups is 2. The maximum absolute atomic E-state index is 13.4. The van der Waals surface area contributed by atoms with E-state index in [0.29, 0.717) is 0 Å². The minimum atomic E-state index is -0.749. The third-order valence-corrected chi connectivity index (χ3v) is 2.50. The number of rotatable bonds is 3. The van der Waals surface area contributed by atoms with Gasteiger partial charge in [-0.1, -0.05) is 0 Å². The van der Waals surface area contributed by atoms with Crippen LogP contribution >= 0.6 is 0 Å². The van der Waals surface area contributed by atoms with Crippen molar-refractivity contribution in [2.75, 3.05) is 10.6 Å². The summed E-state index contributed by atoms with van der Waals surface area (Å²) in [5.41, 5.74) is -0.115. The van der Waals surface area contributed by atoms with Gasteiger partial charge in [-0.3, -0.25) is 9.59 Å². The van der Waals surface area contributed by atoms with Crippen LogP contribution in [0.3, 0.4) is 0 Å². The zero-order valence-electron chi connectivity index (χ0n) is 11.0. The van der Waals surface area contributed by atoms with Crippen molar-refractivity contribution in [3.8, 4) is 0 Å². The Hall–Kier alpha value is -2.83. The maximum Gasteiger partial charge on any atom is 0.255 e. The fourth-order valence-corrected chi connectivity index (χ4v) is 1.61. The van der Waals surface area contributed by atoms with E-state index in [1.54, 1.807) is 0 Å². The molecule has 0 atom stereocenters. The van der Waals surface area contributed by atoms with Crippen LogP contribution in [0, 0.1) is 11.6 Å². The summed E-state index contributed by atoms with van der Waals surface area (Å²) in [5, 5.41) is 4.67. The molecule has 0 aliphatic heterocycles. The lowest BCUT2D eigenvalue weighted by molar-refractivity contribution is -0.114. The van der Waals surface area contributed by atoms with Crippen molar-refractivity contribution in [1.29, 1.82) is 0 Å². The number of hydrogen-bond donors (Lipinski definition) is 2. The molecule has 1 aromatic carbocycles. The van der Waals surface area contributed by atoms with Gasteiger partial charge in [0, 0.05) is 24.8 Å². The third kappa shape index (κ3) is 3.82. The summed E-state index contributed by atoms with van der Waals surface area (Å²) in [6, 6.07) is 5.46. The molecule has 2 N–H and O–H groups in total. The molecule has 0 aliphatic rings. The van der Waals surface area contributed by atoms with Gasteiger partial charge in [0.15, 0.2) is 0 Å². The Morgan fingerprint density at radius 3 is 2.57 bits per heavy atom. The number of benzene rings is 1. The lowest BCUT2D eigenvalue weighted by Gasteiger charge is -2.07. The first kappa shape index (κ1) is 14.6. The first-order chi connectivity index (χ1) is 9.95. The number of nitrogens with zero attached hydrogens (tertiary/aromatic N) is 1. The largest absolute Gasteiger partial charge is 0.319 e. The zero-order valence-corrected chi connectivity index (χ0v) is 11.0. The molecule has 0 saturated heterocycles. The summed E-state index contributed by atoms with van der Waals surface area (Å²) in [5.74, 6) is -2.21. The predicted octanol–water partition coefficient (Wildman–Crippen LogP) is 2.57. The number of nitrogens with one attached hydrogen (secondary N) is 2. The molecule has 0 fully saturated rings. The Morgan fingerprint density at radius 2 is 1.86 bits per heavy atom. The van der Waals surface area contributed by atoms with Crippen molar-refractivity contribution in [2.24, 2.45) is 0 Å². The highest BCUT2D eigenvalue weighted by atomic mass is 19.1. The Kier molecular flexibility index (Phi) is 4.22. The van der Waals surface area contributed by atoms with E-state index in [2.05, 4.69) is 15.6 Å².